The average Bonchev–Trinajstić information content (AvgIpc) is 2.45. The van der Waals surface area contributed by atoms with Crippen LogP contribution in [0.15, 0.2) is 30.3 Å². The summed E-state index contributed by atoms with van der Waals surface area (Å²) >= 11 is 0. The van der Waals surface area contributed by atoms with Gasteiger partial charge in [-0.1, -0.05) is 30.3 Å². The minimum absolute atomic E-state index is 0.0924. The molecule has 7 nitrogen and oxygen atoms in total. The van der Waals surface area contributed by atoms with Gasteiger partial charge in [-0.25, -0.2) is 0 Å². The Morgan fingerprint density at radius 1 is 1.24 bits per heavy atom. The molecular formula is C14H17NO6. The van der Waals surface area contributed by atoms with Crippen LogP contribution < -0.4 is 5.73 Å². The molecule has 21 heavy (non-hydrogen) atoms. The summed E-state index contributed by atoms with van der Waals surface area (Å²) in [5.74, 6) is -3.87. The van der Waals surface area contributed by atoms with E-state index in [1.807, 2.05) is 0 Å². The van der Waals surface area contributed by atoms with Gasteiger partial charge in [0.15, 0.2) is 5.41 Å². The maximum absolute atomic E-state index is 12.0. The summed E-state index contributed by atoms with van der Waals surface area (Å²) in [6.45, 7) is 1.01. The minimum Gasteiger partial charge on any atom is -0.480 e. The maximum Gasteiger partial charge on any atom is 0.323 e. The lowest BCUT2D eigenvalue weighted by Crippen LogP contribution is -2.45. The summed E-state index contributed by atoms with van der Waals surface area (Å²) in [5, 5.41) is 17.9. The molecule has 1 rings (SSSR count). The van der Waals surface area contributed by atoms with E-state index < -0.39 is 35.8 Å². The van der Waals surface area contributed by atoms with Crippen molar-refractivity contribution in [3.05, 3.63) is 35.9 Å². The van der Waals surface area contributed by atoms with E-state index in [1.165, 1.54) is 0 Å². The van der Waals surface area contributed by atoms with Gasteiger partial charge < -0.3 is 20.7 Å². The standard InChI is InChI=1S/C14H17NO6/c1-14(12(18)19,7-10(15)11(16)17)13(20)21-8-9-5-3-2-4-6-9/h2-6,10H,7-8,15H2,1H3,(H,16,17)(H,18,19). The van der Waals surface area contributed by atoms with E-state index in [0.717, 1.165) is 6.92 Å². The van der Waals surface area contributed by atoms with Gasteiger partial charge in [0.1, 0.15) is 12.6 Å². The highest BCUT2D eigenvalue weighted by molar-refractivity contribution is 5.99. The number of aliphatic carboxylic acids is 2. The molecule has 0 radical (unpaired) electrons. The molecule has 0 fully saturated rings. The van der Waals surface area contributed by atoms with Crippen LogP contribution in [0.4, 0.5) is 0 Å². The van der Waals surface area contributed by atoms with Crippen LogP contribution in [-0.4, -0.2) is 34.2 Å². The normalized spacial score (nSPS) is 14.8. The fraction of sp³-hybridized carbons (Fsp3) is 0.357. The Hall–Kier alpha value is -2.41. The van der Waals surface area contributed by atoms with E-state index in [1.54, 1.807) is 30.3 Å². The summed E-state index contributed by atoms with van der Waals surface area (Å²) in [7, 11) is 0. The van der Waals surface area contributed by atoms with E-state index in [2.05, 4.69) is 0 Å². The number of hydrogen-bond donors (Lipinski definition) is 3. The molecule has 4 N–H and O–H groups in total. The average molecular weight is 295 g/mol. The Morgan fingerprint density at radius 2 is 1.81 bits per heavy atom. The molecule has 0 heterocycles. The molecule has 1 aromatic rings. The number of rotatable bonds is 7. The van der Waals surface area contributed by atoms with Gasteiger partial charge in [-0.05, 0) is 18.9 Å². The smallest absolute Gasteiger partial charge is 0.323 e. The van der Waals surface area contributed by atoms with Crippen molar-refractivity contribution in [2.24, 2.45) is 11.1 Å². The predicted molar refractivity (Wildman–Crippen MR) is 72.2 cm³/mol. The number of carbonyl (C=O) groups is 3. The topological polar surface area (TPSA) is 127 Å². The van der Waals surface area contributed by atoms with Gasteiger partial charge in [-0.2, -0.15) is 0 Å². The summed E-state index contributed by atoms with van der Waals surface area (Å²) < 4.78 is 4.97. The first-order chi connectivity index (χ1) is 9.77. The Kier molecular flexibility index (Phi) is 5.43. The molecule has 2 unspecified atom stereocenters. The maximum atomic E-state index is 12.0. The third kappa shape index (κ3) is 4.28. The van der Waals surface area contributed by atoms with Gasteiger partial charge in [-0.3, -0.25) is 14.4 Å². The summed E-state index contributed by atoms with van der Waals surface area (Å²) in [5.41, 5.74) is 4.00. The van der Waals surface area contributed by atoms with Gasteiger partial charge >= 0.3 is 17.9 Å². The van der Waals surface area contributed by atoms with Crippen molar-refractivity contribution in [1.29, 1.82) is 0 Å². The molecule has 0 spiro atoms. The zero-order chi connectivity index (χ0) is 16.0. The predicted octanol–water partition coefficient (Wildman–Crippen LogP) is 0.623. The van der Waals surface area contributed by atoms with Crippen molar-refractivity contribution in [3.63, 3.8) is 0 Å². The fourth-order valence-electron chi connectivity index (χ4n) is 1.67. The van der Waals surface area contributed by atoms with Crippen LogP contribution in [0.25, 0.3) is 0 Å². The highest BCUT2D eigenvalue weighted by Crippen LogP contribution is 2.26. The van der Waals surface area contributed by atoms with Crippen molar-refractivity contribution in [2.45, 2.75) is 26.0 Å². The van der Waals surface area contributed by atoms with Crippen molar-refractivity contribution < 1.29 is 29.3 Å². The largest absolute Gasteiger partial charge is 0.480 e. The zero-order valence-electron chi connectivity index (χ0n) is 11.5. The lowest BCUT2D eigenvalue weighted by atomic mass is 9.84. The number of hydrogen-bond acceptors (Lipinski definition) is 5. The van der Waals surface area contributed by atoms with E-state index in [9.17, 15) is 19.5 Å². The van der Waals surface area contributed by atoms with E-state index in [0.29, 0.717) is 5.56 Å². The van der Waals surface area contributed by atoms with E-state index in [-0.39, 0.29) is 6.61 Å². The molecule has 0 aliphatic carbocycles. The molecule has 7 heteroatoms. The minimum atomic E-state index is -2.01. The second kappa shape index (κ2) is 6.85. The highest BCUT2D eigenvalue weighted by atomic mass is 16.5. The van der Waals surface area contributed by atoms with Crippen LogP contribution in [-0.2, 0) is 25.7 Å². The lowest BCUT2D eigenvalue weighted by molar-refractivity contribution is -0.169. The fourth-order valence-corrected chi connectivity index (χ4v) is 1.67. The molecule has 0 saturated heterocycles. The van der Waals surface area contributed by atoms with Crippen LogP contribution in [0.5, 0.6) is 0 Å². The van der Waals surface area contributed by atoms with Gasteiger partial charge in [0.05, 0.1) is 0 Å². The second-order valence-electron chi connectivity index (χ2n) is 4.85. The van der Waals surface area contributed by atoms with Crippen LogP contribution in [0.2, 0.25) is 0 Å². The monoisotopic (exact) mass is 295 g/mol. The second-order valence-corrected chi connectivity index (χ2v) is 4.85. The third-order valence-electron chi connectivity index (χ3n) is 3.08. The Balaban J connectivity index is 2.77. The van der Waals surface area contributed by atoms with Crippen molar-refractivity contribution in [1.82, 2.24) is 0 Å². The Labute approximate surface area is 121 Å². The molecule has 0 bridgehead atoms. The van der Waals surface area contributed by atoms with E-state index in [4.69, 9.17) is 15.6 Å². The number of ether oxygens (including phenoxy) is 1. The third-order valence-corrected chi connectivity index (χ3v) is 3.08. The van der Waals surface area contributed by atoms with Crippen LogP contribution in [0, 0.1) is 5.41 Å². The van der Waals surface area contributed by atoms with Gasteiger partial charge in [0.2, 0.25) is 0 Å². The number of carbonyl (C=O) groups excluding carboxylic acids is 1. The lowest BCUT2D eigenvalue weighted by Gasteiger charge is -2.24. The Bertz CT molecular complexity index is 530. The molecule has 0 aromatic heterocycles. The SMILES string of the molecule is CC(CC(N)C(=O)O)(C(=O)O)C(=O)OCc1ccccc1. The van der Waals surface area contributed by atoms with Gasteiger partial charge in [0.25, 0.3) is 0 Å². The molecule has 2 atom stereocenters. The number of nitrogens with two attached hydrogens (primary N) is 1. The zero-order valence-corrected chi connectivity index (χ0v) is 11.5. The number of carboxylic acid groups (broad SMARTS) is 2. The van der Waals surface area contributed by atoms with Gasteiger partial charge in [-0.15, -0.1) is 0 Å². The van der Waals surface area contributed by atoms with Crippen molar-refractivity contribution >= 4 is 17.9 Å². The summed E-state index contributed by atoms with van der Waals surface area (Å²) in [4.78, 5) is 34.0. The highest BCUT2D eigenvalue weighted by Gasteiger charge is 2.45. The van der Waals surface area contributed by atoms with Crippen molar-refractivity contribution in [2.75, 3.05) is 0 Å². The molecule has 1 aromatic carbocycles. The van der Waals surface area contributed by atoms with Crippen LogP contribution >= 0.6 is 0 Å². The number of carboxylic acids is 2. The Morgan fingerprint density at radius 3 is 2.29 bits per heavy atom. The molecular weight excluding hydrogens is 278 g/mol. The summed E-state index contributed by atoms with van der Waals surface area (Å²) in [6.07, 6.45) is -0.550. The first kappa shape index (κ1) is 16.6. The van der Waals surface area contributed by atoms with Crippen LogP contribution in [0.3, 0.4) is 0 Å². The molecule has 114 valence electrons. The first-order valence-corrected chi connectivity index (χ1v) is 6.20. The van der Waals surface area contributed by atoms with Crippen molar-refractivity contribution in [3.8, 4) is 0 Å². The number of esters is 1. The van der Waals surface area contributed by atoms with Gasteiger partial charge in [0, 0.05) is 0 Å². The molecule has 0 saturated carbocycles. The molecule has 0 aliphatic rings. The van der Waals surface area contributed by atoms with E-state index >= 15 is 0 Å². The number of benzene rings is 1. The molecule has 0 aliphatic heterocycles. The first-order valence-electron chi connectivity index (χ1n) is 6.20. The summed E-state index contributed by atoms with van der Waals surface area (Å²) in [6, 6.07) is 7.26. The van der Waals surface area contributed by atoms with Crippen LogP contribution in [0.1, 0.15) is 18.9 Å². The quantitative estimate of drug-likeness (QED) is 0.497. The molecule has 0 amide bonds.